The molecule has 2 aromatic heterocycles. The zero-order valence-electron chi connectivity index (χ0n) is 19.0. The van der Waals surface area contributed by atoms with Crippen LogP contribution in [0, 0.1) is 6.92 Å². The maximum atomic E-state index is 12.2. The quantitative estimate of drug-likeness (QED) is 0.259. The van der Waals surface area contributed by atoms with Crippen LogP contribution in [-0.2, 0) is 24.5 Å². The summed E-state index contributed by atoms with van der Waals surface area (Å²) in [5.41, 5.74) is 3.58. The number of ether oxygens (including phenoxy) is 3. The number of nitrogens with zero attached hydrogens (tertiary/aromatic N) is 4. The van der Waals surface area contributed by atoms with Crippen LogP contribution in [0.4, 0.5) is 8.78 Å². The van der Waals surface area contributed by atoms with E-state index in [1.807, 2.05) is 25.1 Å². The summed E-state index contributed by atoms with van der Waals surface area (Å²) in [4.78, 5) is 4.37. The van der Waals surface area contributed by atoms with E-state index in [0.717, 1.165) is 22.4 Å². The van der Waals surface area contributed by atoms with Crippen molar-refractivity contribution in [1.82, 2.24) is 20.0 Å². The summed E-state index contributed by atoms with van der Waals surface area (Å²) in [6.45, 7) is 1.11. The van der Waals surface area contributed by atoms with Crippen molar-refractivity contribution in [2.45, 2.75) is 33.3 Å². The third kappa shape index (κ3) is 7.47. The van der Waals surface area contributed by atoms with E-state index in [2.05, 4.69) is 20.0 Å². The molecule has 0 amide bonds. The Balaban J connectivity index is 1.23. The SMILES string of the molecule is Cc1cc(OCc2coc(/C=C/c3ccc(OC(F)F)cc3)n2)ccc1COCCn1ccnn1. The number of rotatable bonds is 12. The van der Waals surface area contributed by atoms with Crippen molar-refractivity contribution < 1.29 is 27.4 Å². The summed E-state index contributed by atoms with van der Waals surface area (Å²) in [5.74, 6) is 1.23. The maximum Gasteiger partial charge on any atom is 0.387 e. The van der Waals surface area contributed by atoms with Crippen LogP contribution in [0.5, 0.6) is 11.5 Å². The van der Waals surface area contributed by atoms with Crippen LogP contribution in [0.1, 0.15) is 28.3 Å². The second-order valence-corrected chi connectivity index (χ2v) is 7.55. The average Bonchev–Trinajstić information content (AvgIpc) is 3.53. The van der Waals surface area contributed by atoms with Gasteiger partial charge in [0.05, 0.1) is 26.0 Å². The average molecular weight is 482 g/mol. The van der Waals surface area contributed by atoms with Crippen LogP contribution in [0.25, 0.3) is 12.2 Å². The minimum Gasteiger partial charge on any atom is -0.487 e. The number of hydrogen-bond acceptors (Lipinski definition) is 7. The Morgan fingerprint density at radius 2 is 1.89 bits per heavy atom. The summed E-state index contributed by atoms with van der Waals surface area (Å²) in [5, 5.41) is 7.66. The van der Waals surface area contributed by atoms with Gasteiger partial charge in [-0.2, -0.15) is 8.78 Å². The number of aryl methyl sites for hydroxylation is 1. The molecule has 2 heterocycles. The maximum absolute atomic E-state index is 12.2. The second-order valence-electron chi connectivity index (χ2n) is 7.55. The molecule has 35 heavy (non-hydrogen) atoms. The Hall–Kier alpha value is -4.05. The third-order valence-corrected chi connectivity index (χ3v) is 4.99. The first-order valence-corrected chi connectivity index (χ1v) is 10.9. The van der Waals surface area contributed by atoms with E-state index in [1.54, 1.807) is 41.4 Å². The molecule has 182 valence electrons. The Labute approximate surface area is 200 Å². The van der Waals surface area contributed by atoms with Gasteiger partial charge in [-0.15, -0.1) is 5.10 Å². The first-order chi connectivity index (χ1) is 17.0. The van der Waals surface area contributed by atoms with Crippen LogP contribution >= 0.6 is 0 Å². The van der Waals surface area contributed by atoms with Crippen molar-refractivity contribution in [1.29, 1.82) is 0 Å². The predicted octanol–water partition coefficient (Wildman–Crippen LogP) is 5.14. The van der Waals surface area contributed by atoms with Crippen molar-refractivity contribution in [3.63, 3.8) is 0 Å². The zero-order chi connectivity index (χ0) is 24.5. The first kappa shape index (κ1) is 24.1. The lowest BCUT2D eigenvalue weighted by Gasteiger charge is -2.10. The summed E-state index contributed by atoms with van der Waals surface area (Å²) < 4.78 is 47.5. The van der Waals surface area contributed by atoms with Gasteiger partial charge in [0.25, 0.3) is 0 Å². The van der Waals surface area contributed by atoms with Crippen molar-refractivity contribution in [3.8, 4) is 11.5 Å². The van der Waals surface area contributed by atoms with Gasteiger partial charge in [0.2, 0.25) is 5.89 Å². The number of aromatic nitrogens is 4. The lowest BCUT2D eigenvalue weighted by atomic mass is 10.1. The highest BCUT2D eigenvalue weighted by Crippen LogP contribution is 2.20. The second kappa shape index (κ2) is 11.9. The molecule has 0 unspecified atom stereocenters. The van der Waals surface area contributed by atoms with Crippen LogP contribution in [0.2, 0.25) is 0 Å². The molecule has 0 aliphatic carbocycles. The van der Waals surface area contributed by atoms with Gasteiger partial charge in [0.1, 0.15) is 30.1 Å². The number of benzene rings is 2. The molecule has 4 rings (SSSR count). The molecule has 0 bridgehead atoms. The lowest BCUT2D eigenvalue weighted by molar-refractivity contribution is -0.0498. The molecule has 0 spiro atoms. The predicted molar refractivity (Wildman–Crippen MR) is 124 cm³/mol. The molecular weight excluding hydrogens is 458 g/mol. The standard InChI is InChI=1S/C25H24F2N4O4/c1-18-14-23(8-5-20(18)15-32-13-12-31-11-10-28-30-31)33-16-21-17-34-24(29-21)9-4-19-2-6-22(7-3-19)35-25(26)27/h2-11,14,17,25H,12-13,15-16H2,1H3/b9-4+. The molecule has 2 aromatic carbocycles. The minimum absolute atomic E-state index is 0.103. The molecule has 4 aromatic rings. The third-order valence-electron chi connectivity index (χ3n) is 4.99. The fourth-order valence-electron chi connectivity index (χ4n) is 3.16. The summed E-state index contributed by atoms with van der Waals surface area (Å²) in [6, 6.07) is 12.1. The normalized spacial score (nSPS) is 11.4. The zero-order valence-corrected chi connectivity index (χ0v) is 19.0. The molecule has 0 atom stereocenters. The molecule has 8 nitrogen and oxygen atoms in total. The smallest absolute Gasteiger partial charge is 0.387 e. The van der Waals surface area contributed by atoms with E-state index in [0.29, 0.717) is 31.3 Å². The van der Waals surface area contributed by atoms with Gasteiger partial charge in [-0.05, 0) is 54.0 Å². The fraction of sp³-hybridized carbons (Fsp3) is 0.240. The van der Waals surface area contributed by atoms with Crippen LogP contribution < -0.4 is 9.47 Å². The van der Waals surface area contributed by atoms with Gasteiger partial charge in [0.15, 0.2) is 0 Å². The number of halogens is 2. The molecule has 0 saturated heterocycles. The monoisotopic (exact) mass is 482 g/mol. The van der Waals surface area contributed by atoms with Crippen molar-refractivity contribution in [2.24, 2.45) is 0 Å². The van der Waals surface area contributed by atoms with Gasteiger partial charge in [-0.3, -0.25) is 4.68 Å². The number of oxazole rings is 1. The molecule has 10 heteroatoms. The van der Waals surface area contributed by atoms with Gasteiger partial charge in [0, 0.05) is 12.3 Å². The van der Waals surface area contributed by atoms with E-state index >= 15 is 0 Å². The van der Waals surface area contributed by atoms with Crippen LogP contribution in [0.15, 0.2) is 65.5 Å². The van der Waals surface area contributed by atoms with Crippen LogP contribution in [0.3, 0.4) is 0 Å². The van der Waals surface area contributed by atoms with Gasteiger partial charge >= 0.3 is 6.61 Å². The minimum atomic E-state index is -2.85. The van der Waals surface area contributed by atoms with Crippen molar-refractivity contribution in [2.75, 3.05) is 6.61 Å². The molecule has 0 aliphatic rings. The van der Waals surface area contributed by atoms with Gasteiger partial charge < -0.3 is 18.6 Å². The molecular formula is C25H24F2N4O4. The highest BCUT2D eigenvalue weighted by Gasteiger charge is 2.06. The lowest BCUT2D eigenvalue weighted by Crippen LogP contribution is -2.07. The summed E-state index contributed by atoms with van der Waals surface area (Å²) in [6.07, 6.45) is 8.42. The highest BCUT2D eigenvalue weighted by atomic mass is 19.3. The molecule has 0 N–H and O–H groups in total. The largest absolute Gasteiger partial charge is 0.487 e. The molecule has 0 aliphatic heterocycles. The fourth-order valence-corrected chi connectivity index (χ4v) is 3.16. The molecule has 0 saturated carbocycles. The first-order valence-electron chi connectivity index (χ1n) is 10.9. The Kier molecular flexibility index (Phi) is 8.18. The molecule has 0 fully saturated rings. The summed E-state index contributed by atoms with van der Waals surface area (Å²) >= 11 is 0. The van der Waals surface area contributed by atoms with Gasteiger partial charge in [-0.25, -0.2) is 4.98 Å². The van der Waals surface area contributed by atoms with E-state index in [9.17, 15) is 8.78 Å². The van der Waals surface area contributed by atoms with Gasteiger partial charge in [-0.1, -0.05) is 23.4 Å². The van der Waals surface area contributed by atoms with E-state index in [-0.39, 0.29) is 12.4 Å². The number of alkyl halides is 2. The molecule has 0 radical (unpaired) electrons. The summed E-state index contributed by atoms with van der Waals surface area (Å²) in [7, 11) is 0. The highest BCUT2D eigenvalue weighted by molar-refractivity contribution is 5.66. The van der Waals surface area contributed by atoms with E-state index < -0.39 is 6.61 Å². The van der Waals surface area contributed by atoms with Crippen molar-refractivity contribution in [3.05, 3.63) is 89.4 Å². The Morgan fingerprint density at radius 3 is 2.63 bits per heavy atom. The van der Waals surface area contributed by atoms with Crippen LogP contribution in [-0.4, -0.2) is 33.2 Å². The topological polar surface area (TPSA) is 84.4 Å². The number of hydrogen-bond donors (Lipinski definition) is 0. The Morgan fingerprint density at radius 1 is 1.06 bits per heavy atom. The van der Waals surface area contributed by atoms with Crippen molar-refractivity contribution >= 4 is 12.2 Å². The Bertz CT molecular complexity index is 1220. The van der Waals surface area contributed by atoms with E-state index in [4.69, 9.17) is 13.9 Å². The van der Waals surface area contributed by atoms with E-state index in [1.165, 1.54) is 18.4 Å².